The molecule has 0 atom stereocenters. The molecule has 1 heterocycles. The molecule has 0 spiro atoms. The average molecular weight is 341 g/mol. The summed E-state index contributed by atoms with van der Waals surface area (Å²) >= 11 is 3.36. The maximum absolute atomic E-state index is 10.7. The topological polar surface area (TPSA) is 68.9 Å². The van der Waals surface area contributed by atoms with Crippen LogP contribution in [0.4, 0.5) is 0 Å². The predicted octanol–water partition coefficient (Wildman–Crippen LogP) is 3.72. The van der Waals surface area contributed by atoms with Gasteiger partial charge in [0.1, 0.15) is 12.4 Å². The molecule has 0 saturated carbocycles. The van der Waals surface area contributed by atoms with Crippen molar-refractivity contribution < 1.29 is 23.8 Å². The number of benzene rings is 1. The highest BCUT2D eigenvalue weighted by molar-refractivity contribution is 9.10. The summed E-state index contributed by atoms with van der Waals surface area (Å²) in [6.45, 7) is 2.54. The molecule has 1 aromatic carbocycles. The zero-order valence-corrected chi connectivity index (χ0v) is 12.3. The number of rotatable bonds is 6. The molecule has 106 valence electrons. The monoisotopic (exact) mass is 340 g/mol. The predicted molar refractivity (Wildman–Crippen MR) is 75.3 cm³/mol. The molecule has 0 fully saturated rings. The van der Waals surface area contributed by atoms with Crippen molar-refractivity contribution in [3.63, 3.8) is 0 Å². The molecular weight excluding hydrogens is 328 g/mol. The van der Waals surface area contributed by atoms with Crippen molar-refractivity contribution in [2.45, 2.75) is 13.5 Å². The average Bonchev–Trinajstić information content (AvgIpc) is 2.87. The van der Waals surface area contributed by atoms with Gasteiger partial charge in [0.05, 0.1) is 6.61 Å². The lowest BCUT2D eigenvalue weighted by atomic mass is 10.3. The largest absolute Gasteiger partial charge is 0.490 e. The van der Waals surface area contributed by atoms with E-state index in [9.17, 15) is 4.79 Å². The highest BCUT2D eigenvalue weighted by Gasteiger charge is 2.11. The number of carboxylic acid groups (broad SMARTS) is 1. The Kier molecular flexibility index (Phi) is 4.68. The maximum atomic E-state index is 10.7. The summed E-state index contributed by atoms with van der Waals surface area (Å²) in [7, 11) is 0. The number of hydrogen-bond donors (Lipinski definition) is 1. The summed E-state index contributed by atoms with van der Waals surface area (Å²) in [5, 5.41) is 8.77. The Morgan fingerprint density at radius 2 is 2.05 bits per heavy atom. The van der Waals surface area contributed by atoms with Crippen LogP contribution < -0.4 is 9.47 Å². The van der Waals surface area contributed by atoms with E-state index in [-0.39, 0.29) is 12.4 Å². The molecule has 0 aliphatic rings. The second kappa shape index (κ2) is 6.47. The third-order valence-electron chi connectivity index (χ3n) is 2.45. The first-order valence-corrected chi connectivity index (χ1v) is 6.76. The van der Waals surface area contributed by atoms with E-state index < -0.39 is 5.97 Å². The normalized spacial score (nSPS) is 10.3. The van der Waals surface area contributed by atoms with E-state index in [0.29, 0.717) is 23.9 Å². The van der Waals surface area contributed by atoms with Crippen molar-refractivity contribution in [2.24, 2.45) is 0 Å². The van der Waals surface area contributed by atoms with Crippen molar-refractivity contribution in [3.8, 4) is 11.5 Å². The van der Waals surface area contributed by atoms with Gasteiger partial charge in [0.15, 0.2) is 11.5 Å². The molecule has 0 bridgehead atoms. The van der Waals surface area contributed by atoms with E-state index in [1.165, 1.54) is 6.07 Å². The second-order valence-corrected chi connectivity index (χ2v) is 4.80. The van der Waals surface area contributed by atoms with Gasteiger partial charge in [-0.05, 0) is 37.3 Å². The van der Waals surface area contributed by atoms with E-state index >= 15 is 0 Å². The van der Waals surface area contributed by atoms with Crippen LogP contribution in [0.15, 0.2) is 39.2 Å². The first-order valence-electron chi connectivity index (χ1n) is 5.97. The first-order chi connectivity index (χ1) is 9.60. The van der Waals surface area contributed by atoms with Crippen LogP contribution in [0.3, 0.4) is 0 Å². The van der Waals surface area contributed by atoms with E-state index in [0.717, 1.165) is 4.47 Å². The minimum absolute atomic E-state index is 0.107. The van der Waals surface area contributed by atoms with Crippen LogP contribution >= 0.6 is 15.9 Å². The molecule has 0 aliphatic heterocycles. The molecular formula is C14H13BrO5. The quantitative estimate of drug-likeness (QED) is 0.867. The van der Waals surface area contributed by atoms with Crippen molar-refractivity contribution in [2.75, 3.05) is 6.61 Å². The van der Waals surface area contributed by atoms with Gasteiger partial charge >= 0.3 is 5.97 Å². The van der Waals surface area contributed by atoms with Gasteiger partial charge in [-0.25, -0.2) is 4.79 Å². The Balaban J connectivity index is 2.07. The Morgan fingerprint density at radius 1 is 1.25 bits per heavy atom. The van der Waals surface area contributed by atoms with E-state index in [1.807, 2.05) is 19.1 Å². The summed E-state index contributed by atoms with van der Waals surface area (Å²) in [5.74, 6) is 0.419. The molecule has 20 heavy (non-hydrogen) atoms. The van der Waals surface area contributed by atoms with Crippen molar-refractivity contribution in [1.82, 2.24) is 0 Å². The highest BCUT2D eigenvalue weighted by atomic mass is 79.9. The molecule has 0 amide bonds. The Hall–Kier alpha value is -1.95. The fourth-order valence-electron chi connectivity index (χ4n) is 1.59. The lowest BCUT2D eigenvalue weighted by molar-refractivity contribution is 0.0658. The lowest BCUT2D eigenvalue weighted by Gasteiger charge is -2.11. The summed E-state index contributed by atoms with van der Waals surface area (Å²) in [4.78, 5) is 10.7. The van der Waals surface area contributed by atoms with Gasteiger partial charge < -0.3 is 19.0 Å². The van der Waals surface area contributed by atoms with Crippen LogP contribution in [0.2, 0.25) is 0 Å². The van der Waals surface area contributed by atoms with Crippen molar-refractivity contribution in [3.05, 3.63) is 46.3 Å². The van der Waals surface area contributed by atoms with E-state index in [1.54, 1.807) is 12.1 Å². The zero-order valence-electron chi connectivity index (χ0n) is 10.8. The smallest absolute Gasteiger partial charge is 0.371 e. The number of aromatic carboxylic acids is 1. The fraction of sp³-hybridized carbons (Fsp3) is 0.214. The molecule has 0 radical (unpaired) electrons. The van der Waals surface area contributed by atoms with Gasteiger partial charge in [0, 0.05) is 4.47 Å². The summed E-state index contributed by atoms with van der Waals surface area (Å²) < 4.78 is 17.1. The van der Waals surface area contributed by atoms with Gasteiger partial charge in [0.25, 0.3) is 0 Å². The third-order valence-corrected chi connectivity index (χ3v) is 2.94. The standard InChI is InChI=1S/C14H13BrO5/c1-2-18-13-7-9(15)3-5-11(13)19-8-10-4-6-12(20-10)14(16)17/h3-7H,2,8H2,1H3,(H,16,17). The van der Waals surface area contributed by atoms with Gasteiger partial charge in [-0.1, -0.05) is 15.9 Å². The summed E-state index contributed by atoms with van der Waals surface area (Å²) in [6, 6.07) is 8.39. The molecule has 0 aliphatic carbocycles. The second-order valence-electron chi connectivity index (χ2n) is 3.88. The number of carbonyl (C=O) groups is 1. The van der Waals surface area contributed by atoms with Gasteiger partial charge in [-0.2, -0.15) is 0 Å². The molecule has 5 nitrogen and oxygen atoms in total. The highest BCUT2D eigenvalue weighted by Crippen LogP contribution is 2.31. The molecule has 0 saturated heterocycles. The van der Waals surface area contributed by atoms with Crippen LogP contribution in [0.1, 0.15) is 23.2 Å². The maximum Gasteiger partial charge on any atom is 0.371 e. The zero-order chi connectivity index (χ0) is 14.5. The van der Waals surface area contributed by atoms with Crippen molar-refractivity contribution in [1.29, 1.82) is 0 Å². The molecule has 1 aromatic heterocycles. The molecule has 2 aromatic rings. The number of ether oxygens (including phenoxy) is 2. The number of hydrogen-bond acceptors (Lipinski definition) is 4. The third kappa shape index (κ3) is 3.54. The molecule has 1 N–H and O–H groups in total. The number of furan rings is 1. The van der Waals surface area contributed by atoms with Crippen LogP contribution in [0, 0.1) is 0 Å². The first kappa shape index (κ1) is 14.5. The van der Waals surface area contributed by atoms with Gasteiger partial charge in [0.2, 0.25) is 5.76 Å². The minimum atomic E-state index is -1.10. The van der Waals surface area contributed by atoms with E-state index in [4.69, 9.17) is 19.0 Å². The van der Waals surface area contributed by atoms with E-state index in [2.05, 4.69) is 15.9 Å². The SMILES string of the molecule is CCOc1cc(Br)ccc1OCc1ccc(C(=O)O)o1. The molecule has 2 rings (SSSR count). The Labute approximate surface area is 124 Å². The Morgan fingerprint density at radius 3 is 2.70 bits per heavy atom. The fourth-order valence-corrected chi connectivity index (χ4v) is 1.93. The van der Waals surface area contributed by atoms with Crippen molar-refractivity contribution >= 4 is 21.9 Å². The van der Waals surface area contributed by atoms with Crippen LogP contribution in [-0.4, -0.2) is 17.7 Å². The Bertz CT molecular complexity index is 605. The summed E-state index contributed by atoms with van der Waals surface area (Å²) in [5.41, 5.74) is 0. The number of halogens is 1. The van der Waals surface area contributed by atoms with Gasteiger partial charge in [-0.3, -0.25) is 0 Å². The minimum Gasteiger partial charge on any atom is -0.490 e. The molecule has 0 unspecified atom stereocenters. The van der Waals surface area contributed by atoms with Gasteiger partial charge in [-0.15, -0.1) is 0 Å². The lowest BCUT2D eigenvalue weighted by Crippen LogP contribution is -1.99. The van der Waals surface area contributed by atoms with Crippen LogP contribution in [-0.2, 0) is 6.61 Å². The van der Waals surface area contributed by atoms with Crippen LogP contribution in [0.25, 0.3) is 0 Å². The van der Waals surface area contributed by atoms with Crippen LogP contribution in [0.5, 0.6) is 11.5 Å². The molecule has 6 heteroatoms. The number of carboxylic acids is 1. The summed E-state index contributed by atoms with van der Waals surface area (Å²) in [6.07, 6.45) is 0.